The quantitative estimate of drug-likeness (QED) is 0.519. The lowest BCUT2D eigenvalue weighted by molar-refractivity contribution is -0.137. The van der Waals surface area contributed by atoms with Crippen LogP contribution < -0.4 is 4.74 Å². The lowest BCUT2D eigenvalue weighted by Gasteiger charge is -2.37. The van der Waals surface area contributed by atoms with Gasteiger partial charge in [0.25, 0.3) is 5.91 Å². The molecular formula is C25H28N4O3S2. The van der Waals surface area contributed by atoms with Crippen LogP contribution in [0.2, 0.25) is 0 Å². The first-order chi connectivity index (χ1) is 16.6. The van der Waals surface area contributed by atoms with Gasteiger partial charge < -0.3 is 14.5 Å². The van der Waals surface area contributed by atoms with E-state index < -0.39 is 0 Å². The number of carbonyl (C=O) groups excluding carboxylic acids is 2. The van der Waals surface area contributed by atoms with Crippen LogP contribution in [0.1, 0.15) is 28.2 Å². The second kappa shape index (κ2) is 10.2. The van der Waals surface area contributed by atoms with Crippen LogP contribution >= 0.6 is 22.7 Å². The molecule has 0 radical (unpaired) electrons. The zero-order valence-corrected chi connectivity index (χ0v) is 20.8. The monoisotopic (exact) mass is 496 g/mol. The Morgan fingerprint density at radius 2 is 1.85 bits per heavy atom. The molecule has 0 unspecified atom stereocenters. The zero-order valence-electron chi connectivity index (χ0n) is 19.2. The SMILES string of the molecule is COc1ccc(-c2nc(CN3CCN(C(=O)[C@H]4CCCN4C(=O)c4cccs4)CC3)cs2)cc1. The molecule has 34 heavy (non-hydrogen) atoms. The first-order valence-corrected chi connectivity index (χ1v) is 13.3. The number of ether oxygens (including phenoxy) is 1. The van der Waals surface area contributed by atoms with Crippen LogP contribution in [-0.2, 0) is 11.3 Å². The Labute approximate surface area is 207 Å². The Kier molecular flexibility index (Phi) is 6.94. The maximum atomic E-state index is 13.3. The largest absolute Gasteiger partial charge is 0.497 e. The average molecular weight is 497 g/mol. The lowest BCUT2D eigenvalue weighted by Crippen LogP contribution is -2.54. The Morgan fingerprint density at radius 1 is 1.06 bits per heavy atom. The molecule has 2 saturated heterocycles. The van der Waals surface area contributed by atoms with E-state index in [2.05, 4.69) is 10.3 Å². The van der Waals surface area contributed by atoms with Gasteiger partial charge in [-0.1, -0.05) is 6.07 Å². The van der Waals surface area contributed by atoms with Crippen molar-refractivity contribution < 1.29 is 14.3 Å². The van der Waals surface area contributed by atoms with Crippen LogP contribution in [0.4, 0.5) is 0 Å². The van der Waals surface area contributed by atoms with Gasteiger partial charge in [0, 0.05) is 50.2 Å². The molecule has 0 saturated carbocycles. The highest BCUT2D eigenvalue weighted by Gasteiger charge is 2.38. The summed E-state index contributed by atoms with van der Waals surface area (Å²) in [6.07, 6.45) is 1.64. The van der Waals surface area contributed by atoms with Crippen LogP contribution in [0, 0.1) is 0 Å². The number of hydrogen-bond donors (Lipinski definition) is 0. The summed E-state index contributed by atoms with van der Waals surface area (Å²) in [5.74, 6) is 0.919. The van der Waals surface area contributed by atoms with Gasteiger partial charge in [0.2, 0.25) is 5.91 Å². The molecule has 4 heterocycles. The molecule has 7 nitrogen and oxygen atoms in total. The minimum Gasteiger partial charge on any atom is -0.497 e. The van der Waals surface area contributed by atoms with E-state index in [-0.39, 0.29) is 17.9 Å². The number of methoxy groups -OCH3 is 1. The normalized spacial score (nSPS) is 18.9. The van der Waals surface area contributed by atoms with Crippen molar-refractivity contribution in [3.63, 3.8) is 0 Å². The van der Waals surface area contributed by atoms with Gasteiger partial charge in [-0.15, -0.1) is 22.7 Å². The summed E-state index contributed by atoms with van der Waals surface area (Å²) in [6, 6.07) is 11.4. The number of likely N-dealkylation sites (tertiary alicyclic amines) is 1. The maximum absolute atomic E-state index is 13.3. The third kappa shape index (κ3) is 4.87. The number of aromatic nitrogens is 1. The Bertz CT molecular complexity index is 1120. The number of amides is 2. The summed E-state index contributed by atoms with van der Waals surface area (Å²) in [6.45, 7) is 4.44. The van der Waals surface area contributed by atoms with E-state index in [4.69, 9.17) is 9.72 Å². The van der Waals surface area contributed by atoms with Crippen LogP contribution in [0.25, 0.3) is 10.6 Å². The third-order valence-corrected chi connectivity index (χ3v) is 8.29. The molecule has 2 fully saturated rings. The summed E-state index contributed by atoms with van der Waals surface area (Å²) in [5.41, 5.74) is 2.14. The number of thiazole rings is 1. The first kappa shape index (κ1) is 23.0. The maximum Gasteiger partial charge on any atom is 0.264 e. The predicted molar refractivity (Wildman–Crippen MR) is 134 cm³/mol. The molecule has 0 spiro atoms. The van der Waals surface area contributed by atoms with Gasteiger partial charge in [-0.2, -0.15) is 0 Å². The summed E-state index contributed by atoms with van der Waals surface area (Å²) in [4.78, 5) is 37.7. The molecule has 1 aromatic carbocycles. The van der Waals surface area contributed by atoms with Crippen LogP contribution in [0.15, 0.2) is 47.2 Å². The van der Waals surface area contributed by atoms with E-state index in [0.29, 0.717) is 24.5 Å². The van der Waals surface area contributed by atoms with E-state index in [0.717, 1.165) is 54.5 Å². The topological polar surface area (TPSA) is 66.0 Å². The number of thiophene rings is 1. The van der Waals surface area contributed by atoms with Gasteiger partial charge in [0.1, 0.15) is 16.8 Å². The smallest absolute Gasteiger partial charge is 0.264 e. The minimum absolute atomic E-state index is 0.0133. The van der Waals surface area contributed by atoms with E-state index >= 15 is 0 Å². The van der Waals surface area contributed by atoms with Crippen molar-refractivity contribution in [1.29, 1.82) is 0 Å². The number of hydrogen-bond acceptors (Lipinski definition) is 7. The highest BCUT2D eigenvalue weighted by molar-refractivity contribution is 7.13. The molecule has 3 aromatic rings. The fourth-order valence-corrected chi connectivity index (χ4v) is 6.12. The van der Waals surface area contributed by atoms with Gasteiger partial charge >= 0.3 is 0 Å². The lowest BCUT2D eigenvalue weighted by atomic mass is 10.1. The molecule has 0 N–H and O–H groups in total. The van der Waals surface area contributed by atoms with Crippen molar-refractivity contribution in [2.75, 3.05) is 39.8 Å². The van der Waals surface area contributed by atoms with Crippen molar-refractivity contribution >= 4 is 34.5 Å². The van der Waals surface area contributed by atoms with Gasteiger partial charge in [-0.3, -0.25) is 14.5 Å². The minimum atomic E-state index is -0.327. The van der Waals surface area contributed by atoms with Gasteiger partial charge in [0.05, 0.1) is 17.7 Å². The van der Waals surface area contributed by atoms with E-state index in [1.807, 2.05) is 46.7 Å². The molecule has 9 heteroatoms. The molecule has 0 aliphatic carbocycles. The zero-order chi connectivity index (χ0) is 23.5. The molecule has 1 atom stereocenters. The van der Waals surface area contributed by atoms with Gasteiger partial charge in [-0.05, 0) is 48.6 Å². The number of carbonyl (C=O) groups is 2. The van der Waals surface area contributed by atoms with E-state index in [1.165, 1.54) is 11.3 Å². The third-order valence-electron chi connectivity index (χ3n) is 6.49. The molecule has 5 rings (SSSR count). The fraction of sp³-hybridized carbons (Fsp3) is 0.400. The summed E-state index contributed by atoms with van der Waals surface area (Å²) < 4.78 is 5.23. The first-order valence-electron chi connectivity index (χ1n) is 11.6. The van der Waals surface area contributed by atoms with Gasteiger partial charge in [-0.25, -0.2) is 4.98 Å². The Hall–Kier alpha value is -2.75. The Morgan fingerprint density at radius 3 is 2.56 bits per heavy atom. The number of benzene rings is 1. The van der Waals surface area contributed by atoms with Crippen molar-refractivity contribution in [1.82, 2.24) is 19.7 Å². The van der Waals surface area contributed by atoms with Crippen molar-refractivity contribution in [2.24, 2.45) is 0 Å². The molecule has 0 bridgehead atoms. The molecule has 2 amide bonds. The van der Waals surface area contributed by atoms with E-state index in [9.17, 15) is 9.59 Å². The summed E-state index contributed by atoms with van der Waals surface area (Å²) in [7, 11) is 1.66. The van der Waals surface area contributed by atoms with Crippen molar-refractivity contribution in [2.45, 2.75) is 25.4 Å². The summed E-state index contributed by atoms with van der Waals surface area (Å²) >= 11 is 3.09. The van der Waals surface area contributed by atoms with Crippen molar-refractivity contribution in [3.05, 3.63) is 57.7 Å². The highest BCUT2D eigenvalue weighted by Crippen LogP contribution is 2.27. The molecule has 2 aliphatic rings. The molecular weight excluding hydrogens is 468 g/mol. The van der Waals surface area contributed by atoms with Gasteiger partial charge in [0.15, 0.2) is 0 Å². The van der Waals surface area contributed by atoms with E-state index in [1.54, 1.807) is 23.3 Å². The van der Waals surface area contributed by atoms with Crippen LogP contribution in [0.5, 0.6) is 5.75 Å². The molecule has 2 aromatic heterocycles. The molecule has 178 valence electrons. The second-order valence-corrected chi connectivity index (χ2v) is 10.4. The average Bonchev–Trinajstić information content (AvgIpc) is 3.66. The molecule has 2 aliphatic heterocycles. The second-order valence-electron chi connectivity index (χ2n) is 8.61. The standard InChI is InChI=1S/C25H28N4O3S2/c1-32-20-8-6-18(7-9-20)23-26-19(17-34-23)16-27-11-13-28(14-12-27)24(30)21-4-2-10-29(21)25(31)22-5-3-15-33-22/h3,5-9,15,17,21H,2,4,10-14,16H2,1H3/t21-/m1/s1. The number of rotatable bonds is 6. The number of nitrogens with zero attached hydrogens (tertiary/aromatic N) is 4. The number of piperazine rings is 1. The van der Waals surface area contributed by atoms with Crippen molar-refractivity contribution in [3.8, 4) is 16.3 Å². The Balaban J connectivity index is 1.15. The fourth-order valence-electron chi connectivity index (χ4n) is 4.62. The highest BCUT2D eigenvalue weighted by atomic mass is 32.1. The predicted octanol–water partition coefficient (Wildman–Crippen LogP) is 3.83. The van der Waals surface area contributed by atoms with Crippen LogP contribution in [0.3, 0.4) is 0 Å². The van der Waals surface area contributed by atoms with Crippen LogP contribution in [-0.4, -0.2) is 77.4 Å². The summed E-state index contributed by atoms with van der Waals surface area (Å²) in [5, 5.41) is 5.02.